The van der Waals surface area contributed by atoms with Crippen LogP contribution < -0.4 is 4.74 Å². The number of methoxy groups -OCH3 is 1. The van der Waals surface area contributed by atoms with Crippen molar-refractivity contribution in [2.75, 3.05) is 14.2 Å². The predicted molar refractivity (Wildman–Crippen MR) is 74.7 cm³/mol. The first-order valence-electron chi connectivity index (χ1n) is 6.12. The van der Waals surface area contributed by atoms with Gasteiger partial charge in [-0.05, 0) is 23.8 Å². The molecule has 1 amide bonds. The van der Waals surface area contributed by atoms with E-state index in [2.05, 4.69) is 4.98 Å². The Kier molecular flexibility index (Phi) is 4.20. The van der Waals surface area contributed by atoms with Crippen LogP contribution in [0.5, 0.6) is 11.5 Å². The van der Waals surface area contributed by atoms with Crippen LogP contribution in [0.2, 0.25) is 0 Å². The summed E-state index contributed by atoms with van der Waals surface area (Å²) < 4.78 is 5.09. The van der Waals surface area contributed by atoms with E-state index in [1.807, 2.05) is 24.3 Å². The zero-order valence-electron chi connectivity index (χ0n) is 11.4. The minimum absolute atomic E-state index is 0.0197. The Labute approximate surface area is 117 Å². The van der Waals surface area contributed by atoms with Crippen molar-refractivity contribution in [2.24, 2.45) is 0 Å². The van der Waals surface area contributed by atoms with Crippen molar-refractivity contribution < 1.29 is 14.6 Å². The molecule has 0 fully saturated rings. The Balaban J connectivity index is 2.07. The zero-order valence-corrected chi connectivity index (χ0v) is 11.4. The van der Waals surface area contributed by atoms with Crippen molar-refractivity contribution in [1.82, 2.24) is 9.88 Å². The van der Waals surface area contributed by atoms with E-state index in [4.69, 9.17) is 4.74 Å². The molecule has 0 aliphatic carbocycles. The Morgan fingerprint density at radius 1 is 1.30 bits per heavy atom. The number of ether oxygens (including phenoxy) is 1. The van der Waals surface area contributed by atoms with Gasteiger partial charge in [0.1, 0.15) is 11.5 Å². The van der Waals surface area contributed by atoms with Crippen LogP contribution >= 0.6 is 0 Å². The van der Waals surface area contributed by atoms with Gasteiger partial charge >= 0.3 is 0 Å². The lowest BCUT2D eigenvalue weighted by molar-refractivity contribution is 0.0784. The number of carbonyl (C=O) groups is 1. The molecule has 1 aromatic carbocycles. The summed E-state index contributed by atoms with van der Waals surface area (Å²) in [6.07, 6.45) is 2.73. The van der Waals surface area contributed by atoms with Crippen molar-refractivity contribution in [1.29, 1.82) is 0 Å². The van der Waals surface area contributed by atoms with Crippen molar-refractivity contribution >= 4 is 5.91 Å². The fraction of sp³-hybridized carbons (Fsp3) is 0.200. The van der Waals surface area contributed by atoms with Crippen molar-refractivity contribution in [2.45, 2.75) is 6.54 Å². The maximum Gasteiger partial charge on any atom is 0.255 e. The molecule has 5 nitrogen and oxygen atoms in total. The van der Waals surface area contributed by atoms with Gasteiger partial charge in [0.05, 0.1) is 18.9 Å². The van der Waals surface area contributed by atoms with E-state index in [0.717, 1.165) is 11.3 Å². The molecule has 0 atom stereocenters. The molecule has 0 saturated carbocycles. The van der Waals surface area contributed by atoms with E-state index < -0.39 is 0 Å². The van der Waals surface area contributed by atoms with Gasteiger partial charge in [-0.25, -0.2) is 0 Å². The third-order valence-corrected chi connectivity index (χ3v) is 2.90. The van der Waals surface area contributed by atoms with E-state index in [9.17, 15) is 9.90 Å². The summed E-state index contributed by atoms with van der Waals surface area (Å²) in [5, 5.41) is 9.34. The van der Waals surface area contributed by atoms with Gasteiger partial charge < -0.3 is 14.7 Å². The average molecular weight is 272 g/mol. The number of hydrogen-bond acceptors (Lipinski definition) is 4. The van der Waals surface area contributed by atoms with Crippen molar-refractivity contribution in [3.8, 4) is 11.5 Å². The minimum Gasteiger partial charge on any atom is -0.506 e. The predicted octanol–water partition coefficient (Wildman–Crippen LogP) is 2.07. The topological polar surface area (TPSA) is 62.7 Å². The number of pyridine rings is 1. The van der Waals surface area contributed by atoms with Crippen LogP contribution in [0.1, 0.15) is 15.9 Å². The fourth-order valence-corrected chi connectivity index (χ4v) is 1.84. The number of benzene rings is 1. The minimum atomic E-state index is -0.191. The van der Waals surface area contributed by atoms with Crippen LogP contribution in [0, 0.1) is 0 Å². The third kappa shape index (κ3) is 3.26. The van der Waals surface area contributed by atoms with E-state index in [1.165, 1.54) is 18.5 Å². The molecule has 0 spiro atoms. The monoisotopic (exact) mass is 272 g/mol. The third-order valence-electron chi connectivity index (χ3n) is 2.90. The molecule has 0 radical (unpaired) electrons. The summed E-state index contributed by atoms with van der Waals surface area (Å²) in [5.74, 6) is 0.567. The smallest absolute Gasteiger partial charge is 0.255 e. The first-order valence-corrected chi connectivity index (χ1v) is 6.12. The second kappa shape index (κ2) is 6.06. The fourth-order valence-electron chi connectivity index (χ4n) is 1.84. The average Bonchev–Trinajstić information content (AvgIpc) is 2.47. The quantitative estimate of drug-likeness (QED) is 0.925. The van der Waals surface area contributed by atoms with Gasteiger partial charge in [0, 0.05) is 19.8 Å². The summed E-state index contributed by atoms with van der Waals surface area (Å²) in [4.78, 5) is 17.5. The molecule has 0 aliphatic rings. The van der Waals surface area contributed by atoms with E-state index in [0.29, 0.717) is 12.1 Å². The lowest BCUT2D eigenvalue weighted by atomic mass is 10.2. The molecular weight excluding hydrogens is 256 g/mol. The molecule has 0 aliphatic heterocycles. The summed E-state index contributed by atoms with van der Waals surface area (Å²) in [6, 6.07) is 8.92. The van der Waals surface area contributed by atoms with Crippen LogP contribution in [-0.4, -0.2) is 35.1 Å². The first kappa shape index (κ1) is 13.9. The van der Waals surface area contributed by atoms with Crippen LogP contribution in [0.15, 0.2) is 42.7 Å². The number of hydrogen-bond donors (Lipinski definition) is 1. The number of aromatic hydroxyl groups is 1. The number of rotatable bonds is 4. The number of aromatic nitrogens is 1. The summed E-state index contributed by atoms with van der Waals surface area (Å²) in [5.41, 5.74) is 1.36. The highest BCUT2D eigenvalue weighted by Gasteiger charge is 2.13. The zero-order chi connectivity index (χ0) is 14.5. The maximum absolute atomic E-state index is 12.2. The molecule has 104 valence electrons. The summed E-state index contributed by atoms with van der Waals surface area (Å²) in [7, 11) is 3.32. The second-order valence-electron chi connectivity index (χ2n) is 4.44. The molecule has 2 aromatic rings. The number of carbonyl (C=O) groups excluding carboxylic acids is 1. The Morgan fingerprint density at radius 2 is 2.00 bits per heavy atom. The number of amides is 1. The van der Waals surface area contributed by atoms with Gasteiger partial charge in [-0.3, -0.25) is 9.78 Å². The summed E-state index contributed by atoms with van der Waals surface area (Å²) >= 11 is 0. The molecule has 2 rings (SSSR count). The molecular formula is C15H16N2O3. The SMILES string of the molecule is COc1ccc(CN(C)C(=O)c2cncc(O)c2)cc1. The Morgan fingerprint density at radius 3 is 2.60 bits per heavy atom. The van der Waals surface area contributed by atoms with Gasteiger partial charge in [0.15, 0.2) is 0 Å². The first-order chi connectivity index (χ1) is 9.60. The highest BCUT2D eigenvalue weighted by atomic mass is 16.5. The molecule has 0 unspecified atom stereocenters. The van der Waals surface area contributed by atoms with Crippen molar-refractivity contribution in [3.05, 3.63) is 53.9 Å². The van der Waals surface area contributed by atoms with E-state index in [1.54, 1.807) is 19.1 Å². The van der Waals surface area contributed by atoms with E-state index >= 15 is 0 Å². The highest BCUT2D eigenvalue weighted by Crippen LogP contribution is 2.15. The van der Waals surface area contributed by atoms with E-state index in [-0.39, 0.29) is 11.7 Å². The van der Waals surface area contributed by atoms with Crippen LogP contribution in [0.3, 0.4) is 0 Å². The van der Waals surface area contributed by atoms with Crippen molar-refractivity contribution in [3.63, 3.8) is 0 Å². The molecule has 0 saturated heterocycles. The lowest BCUT2D eigenvalue weighted by Crippen LogP contribution is -2.26. The molecule has 5 heteroatoms. The summed E-state index contributed by atoms with van der Waals surface area (Å²) in [6.45, 7) is 0.471. The largest absolute Gasteiger partial charge is 0.506 e. The second-order valence-corrected chi connectivity index (χ2v) is 4.44. The standard InChI is InChI=1S/C15H16N2O3/c1-17(10-11-3-5-14(20-2)6-4-11)15(19)12-7-13(18)9-16-8-12/h3-9,18H,10H2,1-2H3. The maximum atomic E-state index is 12.2. The van der Waals surface area contributed by atoms with Gasteiger partial charge in [0.25, 0.3) is 5.91 Å². The number of nitrogens with zero attached hydrogens (tertiary/aromatic N) is 2. The lowest BCUT2D eigenvalue weighted by Gasteiger charge is -2.17. The Hall–Kier alpha value is -2.56. The van der Waals surface area contributed by atoms with Crippen LogP contribution in [0.25, 0.3) is 0 Å². The van der Waals surface area contributed by atoms with Crippen LogP contribution in [-0.2, 0) is 6.54 Å². The normalized spacial score (nSPS) is 10.1. The van der Waals surface area contributed by atoms with Gasteiger partial charge in [-0.2, -0.15) is 0 Å². The molecule has 1 aromatic heterocycles. The van der Waals surface area contributed by atoms with Gasteiger partial charge in [-0.15, -0.1) is 0 Å². The molecule has 1 heterocycles. The molecule has 0 bridgehead atoms. The Bertz CT molecular complexity index is 596. The molecule has 20 heavy (non-hydrogen) atoms. The van der Waals surface area contributed by atoms with Crippen LogP contribution in [0.4, 0.5) is 0 Å². The molecule has 1 N–H and O–H groups in total. The highest BCUT2D eigenvalue weighted by molar-refractivity contribution is 5.94. The van der Waals surface area contributed by atoms with Gasteiger partial charge in [-0.1, -0.05) is 12.1 Å². The van der Waals surface area contributed by atoms with Gasteiger partial charge in [0.2, 0.25) is 0 Å².